The number of rotatable bonds is 11. The maximum atomic E-state index is 11.5. The van der Waals surface area contributed by atoms with Gasteiger partial charge in [0.05, 0.1) is 54.2 Å². The Morgan fingerprint density at radius 1 is 0.913 bits per heavy atom. The number of halogens is 2. The molecule has 0 spiro atoms. The molecule has 2 aliphatic heterocycles. The first kappa shape index (κ1) is 32.1. The summed E-state index contributed by atoms with van der Waals surface area (Å²) >= 11 is 14.1. The molecule has 6 rings (SSSR count). The third-order valence-corrected chi connectivity index (χ3v) is 9.05. The Morgan fingerprint density at radius 2 is 1.50 bits per heavy atom. The number of hydrogen-bond acceptors (Lipinski definition) is 10. The molecule has 2 aliphatic rings. The van der Waals surface area contributed by atoms with Gasteiger partial charge in [-0.2, -0.15) is 0 Å². The van der Waals surface area contributed by atoms with Crippen LogP contribution in [-0.4, -0.2) is 81.8 Å². The molecule has 0 aliphatic carbocycles. The number of aliphatic hydroxyl groups excluding tert-OH is 1. The highest BCUT2D eigenvalue weighted by Gasteiger charge is 2.24. The lowest BCUT2D eigenvalue weighted by molar-refractivity contribution is -0.119. The second-order valence-corrected chi connectivity index (χ2v) is 12.1. The first-order valence-corrected chi connectivity index (χ1v) is 15.9. The molecule has 2 aromatic carbocycles. The van der Waals surface area contributed by atoms with Crippen molar-refractivity contribution >= 4 is 29.1 Å². The normalized spacial score (nSPS) is 18.2. The molecular weight excluding hydrogens is 629 g/mol. The minimum absolute atomic E-state index is 0.0827. The number of hydrogen-bond donors (Lipinski definition) is 3. The van der Waals surface area contributed by atoms with Gasteiger partial charge in [-0.25, -0.2) is 9.97 Å². The first-order valence-electron chi connectivity index (χ1n) is 15.1. The number of β-amino-alcohol motifs (C(OH)–C–C–N with tert-alkyl or cyclic N) is 1. The summed E-state index contributed by atoms with van der Waals surface area (Å²) in [7, 11) is 3.12. The van der Waals surface area contributed by atoms with Gasteiger partial charge in [-0.15, -0.1) is 0 Å². The Hall–Kier alpha value is -3.87. The Bertz CT molecular complexity index is 1740. The summed E-state index contributed by atoms with van der Waals surface area (Å²) in [6.07, 6.45) is 5.16. The Balaban J connectivity index is 1.24. The van der Waals surface area contributed by atoms with Crippen LogP contribution < -0.4 is 20.1 Å². The van der Waals surface area contributed by atoms with Gasteiger partial charge in [-0.05, 0) is 12.8 Å². The smallest absolute Gasteiger partial charge is 0.237 e. The van der Waals surface area contributed by atoms with E-state index in [-0.39, 0.29) is 18.1 Å². The van der Waals surface area contributed by atoms with Gasteiger partial charge in [-0.1, -0.05) is 59.6 Å². The monoisotopic (exact) mass is 663 g/mol. The molecule has 0 radical (unpaired) electrons. The van der Waals surface area contributed by atoms with E-state index in [1.54, 1.807) is 26.6 Å². The average Bonchev–Trinajstić information content (AvgIpc) is 3.68. The molecule has 0 saturated carbocycles. The molecule has 11 nitrogen and oxygen atoms in total. The van der Waals surface area contributed by atoms with E-state index in [1.807, 2.05) is 36.4 Å². The van der Waals surface area contributed by atoms with Crippen LogP contribution in [0.15, 0.2) is 48.8 Å². The third-order valence-electron chi connectivity index (χ3n) is 8.24. The largest absolute Gasteiger partial charge is 0.480 e. The summed E-state index contributed by atoms with van der Waals surface area (Å²) in [4.78, 5) is 32.3. The van der Waals surface area contributed by atoms with Crippen molar-refractivity contribution in [1.29, 1.82) is 0 Å². The molecule has 2 saturated heterocycles. The number of amides is 1. The van der Waals surface area contributed by atoms with Gasteiger partial charge in [0.2, 0.25) is 17.7 Å². The molecule has 0 bridgehead atoms. The van der Waals surface area contributed by atoms with Crippen LogP contribution in [0.3, 0.4) is 0 Å². The molecule has 46 heavy (non-hydrogen) atoms. The summed E-state index contributed by atoms with van der Waals surface area (Å²) in [5.74, 6) is 0.884. The zero-order valence-electron chi connectivity index (χ0n) is 25.6. The van der Waals surface area contributed by atoms with Crippen molar-refractivity contribution in [3.8, 4) is 45.4 Å². The standard InChI is InChI=1S/C33H35Cl2N7O4/c1-45-32-27(14-36-13-19-9-10-29(44)39-19)37-15-25(40-32)23-7-3-5-21(30(23)34)22-6-4-8-24(31(22)35)26-16-38-28(33(41-26)46-2)18-42-12-11-20(43)17-42/h3-8,15-16,19-20,36,43H,9-14,17-18H2,1-2H3,(H,39,44)/t19-,20-/m0/s1. The zero-order chi connectivity index (χ0) is 32.2. The molecular formula is C33H35Cl2N7O4. The lowest BCUT2D eigenvalue weighted by atomic mass is 9.98. The van der Waals surface area contributed by atoms with Crippen molar-refractivity contribution in [2.45, 2.75) is 44.5 Å². The van der Waals surface area contributed by atoms with E-state index in [9.17, 15) is 9.90 Å². The fourth-order valence-electron chi connectivity index (χ4n) is 5.85. The molecule has 0 unspecified atom stereocenters. The van der Waals surface area contributed by atoms with Crippen LogP contribution in [0.5, 0.6) is 11.8 Å². The summed E-state index contributed by atoms with van der Waals surface area (Å²) in [5, 5.41) is 17.1. The van der Waals surface area contributed by atoms with Crippen LogP contribution in [0.2, 0.25) is 10.0 Å². The minimum Gasteiger partial charge on any atom is -0.480 e. The number of nitrogens with zero attached hydrogens (tertiary/aromatic N) is 5. The lowest BCUT2D eigenvalue weighted by Crippen LogP contribution is -2.35. The molecule has 240 valence electrons. The Morgan fingerprint density at radius 3 is 2.04 bits per heavy atom. The number of nitrogens with one attached hydrogen (secondary N) is 2. The Labute approximate surface area is 277 Å². The molecule has 2 fully saturated rings. The predicted molar refractivity (Wildman–Crippen MR) is 176 cm³/mol. The number of aliphatic hydroxyl groups is 1. The van der Waals surface area contributed by atoms with Crippen LogP contribution in [0, 0.1) is 0 Å². The highest BCUT2D eigenvalue weighted by Crippen LogP contribution is 2.42. The highest BCUT2D eigenvalue weighted by molar-refractivity contribution is 6.39. The second kappa shape index (κ2) is 14.3. The molecule has 2 atom stereocenters. The average molecular weight is 665 g/mol. The number of carbonyl (C=O) groups is 1. The van der Waals surface area contributed by atoms with Crippen molar-refractivity contribution in [2.24, 2.45) is 0 Å². The third kappa shape index (κ3) is 6.93. The summed E-state index contributed by atoms with van der Waals surface area (Å²) < 4.78 is 11.2. The van der Waals surface area contributed by atoms with E-state index >= 15 is 0 Å². The van der Waals surface area contributed by atoms with E-state index in [0.717, 1.165) is 30.5 Å². The van der Waals surface area contributed by atoms with Gasteiger partial charge < -0.3 is 25.2 Å². The predicted octanol–water partition coefficient (Wildman–Crippen LogP) is 4.53. The fourth-order valence-corrected chi connectivity index (χ4v) is 6.50. The topological polar surface area (TPSA) is 135 Å². The van der Waals surface area contributed by atoms with Gasteiger partial charge in [0, 0.05) is 67.4 Å². The molecule has 3 N–H and O–H groups in total. The molecule has 2 aromatic heterocycles. The quantitative estimate of drug-likeness (QED) is 0.210. The lowest BCUT2D eigenvalue weighted by Gasteiger charge is -2.17. The van der Waals surface area contributed by atoms with E-state index in [0.29, 0.717) is 88.3 Å². The molecule has 4 aromatic rings. The molecule has 13 heteroatoms. The summed E-state index contributed by atoms with van der Waals surface area (Å²) in [6, 6.07) is 11.5. The highest BCUT2D eigenvalue weighted by atomic mass is 35.5. The number of ether oxygens (including phenoxy) is 2. The number of likely N-dealkylation sites (tertiary alicyclic amines) is 1. The summed E-state index contributed by atoms with van der Waals surface area (Å²) in [6.45, 7) is 3.01. The van der Waals surface area contributed by atoms with Crippen molar-refractivity contribution in [3.63, 3.8) is 0 Å². The van der Waals surface area contributed by atoms with Gasteiger partial charge >= 0.3 is 0 Å². The van der Waals surface area contributed by atoms with Crippen LogP contribution >= 0.6 is 23.2 Å². The van der Waals surface area contributed by atoms with E-state index in [1.165, 1.54) is 0 Å². The number of aromatic nitrogens is 4. The minimum atomic E-state index is -0.320. The van der Waals surface area contributed by atoms with Crippen LogP contribution in [0.1, 0.15) is 30.7 Å². The van der Waals surface area contributed by atoms with Crippen LogP contribution in [-0.2, 0) is 17.9 Å². The van der Waals surface area contributed by atoms with Gasteiger partial charge in [0.1, 0.15) is 11.4 Å². The van der Waals surface area contributed by atoms with Gasteiger partial charge in [-0.3, -0.25) is 19.7 Å². The van der Waals surface area contributed by atoms with Gasteiger partial charge in [0.25, 0.3) is 0 Å². The van der Waals surface area contributed by atoms with E-state index < -0.39 is 0 Å². The summed E-state index contributed by atoms with van der Waals surface area (Å²) in [5.41, 5.74) is 5.28. The van der Waals surface area contributed by atoms with Crippen LogP contribution in [0.25, 0.3) is 33.6 Å². The van der Waals surface area contributed by atoms with Gasteiger partial charge in [0.15, 0.2) is 0 Å². The molecule has 4 heterocycles. The van der Waals surface area contributed by atoms with Crippen molar-refractivity contribution in [2.75, 3.05) is 33.9 Å². The van der Waals surface area contributed by atoms with E-state index in [2.05, 4.69) is 25.5 Å². The number of benzene rings is 2. The van der Waals surface area contributed by atoms with E-state index in [4.69, 9.17) is 42.6 Å². The second-order valence-electron chi connectivity index (χ2n) is 11.4. The van der Waals surface area contributed by atoms with Crippen molar-refractivity contribution < 1.29 is 19.4 Å². The van der Waals surface area contributed by atoms with Crippen LogP contribution in [0.4, 0.5) is 0 Å². The molecule has 1 amide bonds. The maximum absolute atomic E-state index is 11.5. The van der Waals surface area contributed by atoms with Crippen molar-refractivity contribution in [1.82, 2.24) is 35.5 Å². The SMILES string of the molecule is COc1nc(-c2cccc(-c3cccc(-c4cnc(CN5CC[C@H](O)C5)c(OC)n4)c3Cl)c2Cl)cnc1CNC[C@@H]1CCC(=O)N1. The number of methoxy groups -OCH3 is 2. The zero-order valence-corrected chi connectivity index (χ0v) is 27.1. The number of carbonyl (C=O) groups excluding carboxylic acids is 1. The van der Waals surface area contributed by atoms with Crippen molar-refractivity contribution in [3.05, 3.63) is 70.2 Å². The first-order chi connectivity index (χ1) is 22.3. The Kier molecular flexibility index (Phi) is 9.95. The maximum Gasteiger partial charge on any atom is 0.237 e. The fraction of sp³-hybridized carbons (Fsp3) is 0.364.